The summed E-state index contributed by atoms with van der Waals surface area (Å²) in [4.78, 5) is 29.1. The number of amides is 2. The van der Waals surface area contributed by atoms with Gasteiger partial charge in [0.1, 0.15) is 33.5 Å². The first-order valence-electron chi connectivity index (χ1n) is 13.3. The van der Waals surface area contributed by atoms with Gasteiger partial charge in [-0.2, -0.15) is 18.3 Å². The van der Waals surface area contributed by atoms with E-state index in [9.17, 15) is 22.8 Å². The molecule has 1 aromatic carbocycles. The topological polar surface area (TPSA) is 125 Å². The van der Waals surface area contributed by atoms with Gasteiger partial charge in [-0.3, -0.25) is 14.3 Å². The zero-order valence-corrected chi connectivity index (χ0v) is 24.5. The molecular weight excluding hydrogens is 583 g/mol. The number of alkyl halides is 3. The van der Waals surface area contributed by atoms with Gasteiger partial charge in [0.05, 0.1) is 11.9 Å². The molecule has 0 aliphatic carbocycles. The molecule has 224 valence electrons. The number of thiophene rings is 1. The summed E-state index contributed by atoms with van der Waals surface area (Å²) < 4.78 is 54.3. The van der Waals surface area contributed by atoms with Crippen molar-refractivity contribution in [2.24, 2.45) is 12.8 Å². The molecule has 5 rings (SSSR count). The largest absolute Gasteiger partial charge is 0.486 e. The molecule has 9 nitrogen and oxygen atoms in total. The van der Waals surface area contributed by atoms with Crippen LogP contribution in [-0.2, 0) is 19.8 Å². The lowest BCUT2D eigenvalue weighted by Crippen LogP contribution is -2.16. The second kappa shape index (κ2) is 11.6. The molecule has 3 N–H and O–H groups in total. The Morgan fingerprint density at radius 3 is 2.49 bits per heavy atom. The Labute approximate surface area is 248 Å². The van der Waals surface area contributed by atoms with Gasteiger partial charge in [0.2, 0.25) is 0 Å². The van der Waals surface area contributed by atoms with Crippen molar-refractivity contribution >= 4 is 39.1 Å². The minimum Gasteiger partial charge on any atom is -0.486 e. The summed E-state index contributed by atoms with van der Waals surface area (Å²) in [5, 5.41) is 6.90. The van der Waals surface area contributed by atoms with Crippen LogP contribution >= 0.6 is 11.3 Å². The van der Waals surface area contributed by atoms with Crippen molar-refractivity contribution in [2.45, 2.75) is 45.9 Å². The summed E-state index contributed by atoms with van der Waals surface area (Å²) >= 11 is 0.658. The third-order valence-corrected chi connectivity index (χ3v) is 8.37. The number of nitrogens with one attached hydrogen (secondary N) is 1. The molecule has 4 aromatic heterocycles. The number of pyridine rings is 1. The fourth-order valence-corrected chi connectivity index (χ4v) is 5.55. The van der Waals surface area contributed by atoms with Crippen molar-refractivity contribution in [1.29, 1.82) is 0 Å². The summed E-state index contributed by atoms with van der Waals surface area (Å²) in [6, 6.07) is 11.6. The smallest absolute Gasteiger partial charge is 0.433 e. The number of nitrogens with two attached hydrogens (primary N) is 1. The van der Waals surface area contributed by atoms with Crippen LogP contribution < -0.4 is 15.8 Å². The van der Waals surface area contributed by atoms with E-state index in [4.69, 9.17) is 14.9 Å². The maximum absolute atomic E-state index is 13.8. The van der Waals surface area contributed by atoms with Crippen LogP contribution in [0.5, 0.6) is 5.75 Å². The van der Waals surface area contributed by atoms with E-state index in [-0.39, 0.29) is 38.7 Å². The third-order valence-electron chi connectivity index (χ3n) is 7.27. The fraction of sp³-hybridized carbons (Fsp3) is 0.267. The van der Waals surface area contributed by atoms with Crippen LogP contribution in [0.25, 0.3) is 21.3 Å². The van der Waals surface area contributed by atoms with Gasteiger partial charge in [0, 0.05) is 23.7 Å². The van der Waals surface area contributed by atoms with E-state index in [1.807, 2.05) is 24.3 Å². The van der Waals surface area contributed by atoms with Crippen molar-refractivity contribution in [3.05, 3.63) is 82.0 Å². The Kier molecular flexibility index (Phi) is 8.02. The van der Waals surface area contributed by atoms with Crippen LogP contribution in [0.2, 0.25) is 0 Å². The molecule has 0 saturated heterocycles. The fourth-order valence-electron chi connectivity index (χ4n) is 4.55. The molecule has 0 aliphatic heterocycles. The molecule has 0 saturated carbocycles. The monoisotopic (exact) mass is 611 g/mol. The molecular formula is C30H28F3N5O4S. The number of carbonyl (C=O) groups excluding carboxylic acids is 2. The summed E-state index contributed by atoms with van der Waals surface area (Å²) in [5.74, 6) is -0.338. The van der Waals surface area contributed by atoms with Gasteiger partial charge in [-0.1, -0.05) is 26.0 Å². The van der Waals surface area contributed by atoms with Crippen molar-refractivity contribution in [3.63, 3.8) is 0 Å². The van der Waals surface area contributed by atoms with Crippen LogP contribution in [0.15, 0.2) is 53.1 Å². The summed E-state index contributed by atoms with van der Waals surface area (Å²) in [6.45, 7) is 6.01. The van der Waals surface area contributed by atoms with E-state index >= 15 is 0 Å². The lowest BCUT2D eigenvalue weighted by Gasteiger charge is -2.12. The number of carbonyl (C=O) groups is 2. The quantitative estimate of drug-likeness (QED) is 0.184. The normalized spacial score (nSPS) is 12.4. The SMILES string of the molecule is CCC(C)c1ccc(OCc2ccc(C(=O)Nc3c(C(N)=O)sc4nc(C(F)(F)F)cc(-c5cnn(C)c5C)c34)o2)cc1. The molecule has 0 aliphatic rings. The number of furan rings is 1. The Morgan fingerprint density at radius 1 is 1.16 bits per heavy atom. The summed E-state index contributed by atoms with van der Waals surface area (Å²) in [5.41, 5.74) is 6.60. The molecule has 13 heteroatoms. The Hall–Kier alpha value is -4.65. The molecule has 2 amide bonds. The number of fused-ring (bicyclic) bond motifs is 1. The Balaban J connectivity index is 1.46. The highest BCUT2D eigenvalue weighted by Gasteiger charge is 2.35. The number of anilines is 1. The van der Waals surface area contributed by atoms with Crippen molar-refractivity contribution in [1.82, 2.24) is 14.8 Å². The second-order valence-corrected chi connectivity index (χ2v) is 11.1. The molecule has 43 heavy (non-hydrogen) atoms. The highest BCUT2D eigenvalue weighted by atomic mass is 32.1. The van der Waals surface area contributed by atoms with E-state index in [0.717, 1.165) is 12.5 Å². The number of rotatable bonds is 9. The Morgan fingerprint density at radius 2 is 1.88 bits per heavy atom. The van der Waals surface area contributed by atoms with Crippen molar-refractivity contribution < 1.29 is 31.9 Å². The number of halogens is 3. The summed E-state index contributed by atoms with van der Waals surface area (Å²) in [7, 11) is 1.65. The number of benzene rings is 1. The van der Waals surface area contributed by atoms with E-state index in [0.29, 0.717) is 40.0 Å². The number of hydrogen-bond acceptors (Lipinski definition) is 7. The lowest BCUT2D eigenvalue weighted by molar-refractivity contribution is -0.140. The number of ether oxygens (including phenoxy) is 1. The average molecular weight is 612 g/mol. The highest BCUT2D eigenvalue weighted by Crippen LogP contribution is 2.44. The number of aromatic nitrogens is 3. The minimum atomic E-state index is -4.76. The van der Waals surface area contributed by atoms with Crippen LogP contribution in [0.1, 0.15) is 69.1 Å². The zero-order valence-electron chi connectivity index (χ0n) is 23.7. The predicted octanol–water partition coefficient (Wildman–Crippen LogP) is 7.06. The molecule has 1 unspecified atom stereocenters. The third kappa shape index (κ3) is 5.98. The highest BCUT2D eigenvalue weighted by molar-refractivity contribution is 7.21. The first kappa shape index (κ1) is 29.8. The van der Waals surface area contributed by atoms with Gasteiger partial charge in [-0.15, -0.1) is 11.3 Å². The zero-order chi connectivity index (χ0) is 31.1. The molecule has 0 bridgehead atoms. The molecule has 0 spiro atoms. The van der Waals surface area contributed by atoms with Crippen molar-refractivity contribution in [2.75, 3.05) is 5.32 Å². The van der Waals surface area contributed by atoms with Gasteiger partial charge in [0.15, 0.2) is 5.76 Å². The molecule has 5 aromatic rings. The molecule has 4 heterocycles. The molecule has 1 atom stereocenters. The van der Waals surface area contributed by atoms with Crippen LogP contribution in [0, 0.1) is 6.92 Å². The number of primary amides is 1. The van der Waals surface area contributed by atoms with Crippen molar-refractivity contribution in [3.8, 4) is 16.9 Å². The maximum Gasteiger partial charge on any atom is 0.433 e. The first-order chi connectivity index (χ1) is 20.4. The lowest BCUT2D eigenvalue weighted by atomic mass is 9.99. The second-order valence-electron chi connectivity index (χ2n) is 10.1. The van der Waals surface area contributed by atoms with Gasteiger partial charge in [-0.05, 0) is 60.7 Å². The number of aryl methyl sites for hydroxylation is 1. The van der Waals surface area contributed by atoms with E-state index in [1.165, 1.54) is 22.5 Å². The van der Waals surface area contributed by atoms with Crippen LogP contribution in [-0.4, -0.2) is 26.6 Å². The number of hydrogen-bond donors (Lipinski definition) is 2. The molecule has 0 radical (unpaired) electrons. The molecule has 0 fully saturated rings. The van der Waals surface area contributed by atoms with Gasteiger partial charge in [-0.25, -0.2) is 4.98 Å². The average Bonchev–Trinajstić information content (AvgIpc) is 3.68. The van der Waals surface area contributed by atoms with Crippen LogP contribution in [0.4, 0.5) is 18.9 Å². The number of nitrogens with zero attached hydrogens (tertiary/aromatic N) is 3. The van der Waals surface area contributed by atoms with E-state index < -0.39 is 23.7 Å². The van der Waals surface area contributed by atoms with Gasteiger partial charge >= 0.3 is 6.18 Å². The van der Waals surface area contributed by atoms with E-state index in [1.54, 1.807) is 20.0 Å². The van der Waals surface area contributed by atoms with Crippen LogP contribution in [0.3, 0.4) is 0 Å². The van der Waals surface area contributed by atoms with Gasteiger partial charge < -0.3 is 20.2 Å². The minimum absolute atomic E-state index is 0.0540. The Bertz CT molecular complexity index is 1820. The van der Waals surface area contributed by atoms with Gasteiger partial charge in [0.25, 0.3) is 11.8 Å². The standard InChI is InChI=1S/C30H28F3N5O4S/c1-5-15(2)17-6-8-18(9-7-17)41-14-19-10-11-22(42-19)28(40)37-25-24-20(21-13-35-38(4)16(21)3)12-23(30(31,32)33)36-29(24)43-26(25)27(34)39/h6-13,15H,5,14H2,1-4H3,(H2,34,39)(H,37,40). The first-order valence-corrected chi connectivity index (χ1v) is 14.1. The maximum atomic E-state index is 13.8. The predicted molar refractivity (Wildman–Crippen MR) is 156 cm³/mol. The summed E-state index contributed by atoms with van der Waals surface area (Å²) in [6.07, 6.45) is -2.33. The van der Waals surface area contributed by atoms with E-state index in [2.05, 4.69) is 29.2 Å².